The molecular weight excluding hydrogens is 255 g/mol. The number of nitrogens with zero attached hydrogens (tertiary/aromatic N) is 1. The van der Waals surface area contributed by atoms with Crippen LogP contribution in [0.2, 0.25) is 0 Å². The number of hydrogen-bond donors (Lipinski definition) is 1. The van der Waals surface area contributed by atoms with Crippen molar-refractivity contribution in [1.29, 1.82) is 0 Å². The Morgan fingerprint density at radius 2 is 2.06 bits per heavy atom. The van der Waals surface area contributed by atoms with E-state index in [9.17, 15) is 12.8 Å². The molecule has 18 heavy (non-hydrogen) atoms. The summed E-state index contributed by atoms with van der Waals surface area (Å²) in [5, 5.41) is 3.20. The summed E-state index contributed by atoms with van der Waals surface area (Å²) < 4.78 is 38.6. The van der Waals surface area contributed by atoms with E-state index < -0.39 is 10.0 Å². The maximum Gasteiger partial charge on any atom is 0.218 e. The Morgan fingerprint density at radius 1 is 1.39 bits per heavy atom. The summed E-state index contributed by atoms with van der Waals surface area (Å²) in [7, 11) is -3.31. The SMILES string of the molecule is CC1CN(S(=O)(=O)Cc2ccc(F)cc2)CCN1. The van der Waals surface area contributed by atoms with Crippen LogP contribution in [0.5, 0.6) is 0 Å². The first-order valence-electron chi connectivity index (χ1n) is 5.93. The fraction of sp³-hybridized carbons (Fsp3) is 0.500. The standard InChI is InChI=1S/C12H17FN2O2S/c1-10-8-15(7-6-14-10)18(16,17)9-11-2-4-12(13)5-3-11/h2-5,10,14H,6-9H2,1H3. The van der Waals surface area contributed by atoms with Crippen LogP contribution in [0.4, 0.5) is 4.39 Å². The second kappa shape index (κ2) is 5.34. The second-order valence-electron chi connectivity index (χ2n) is 4.60. The van der Waals surface area contributed by atoms with E-state index in [-0.39, 0.29) is 17.6 Å². The van der Waals surface area contributed by atoms with Crippen LogP contribution in [-0.2, 0) is 15.8 Å². The lowest BCUT2D eigenvalue weighted by Crippen LogP contribution is -2.51. The van der Waals surface area contributed by atoms with Crippen molar-refractivity contribution in [2.24, 2.45) is 0 Å². The minimum Gasteiger partial charge on any atom is -0.312 e. The molecule has 0 saturated carbocycles. The molecule has 1 aromatic rings. The molecule has 1 unspecified atom stereocenters. The highest BCUT2D eigenvalue weighted by atomic mass is 32.2. The molecule has 0 aromatic heterocycles. The van der Waals surface area contributed by atoms with Gasteiger partial charge in [-0.2, -0.15) is 4.31 Å². The van der Waals surface area contributed by atoms with E-state index in [0.717, 1.165) is 0 Å². The Bertz CT molecular complexity index is 501. The lowest BCUT2D eigenvalue weighted by Gasteiger charge is -2.31. The minimum atomic E-state index is -3.31. The number of piperazine rings is 1. The van der Waals surface area contributed by atoms with Crippen molar-refractivity contribution in [3.05, 3.63) is 35.6 Å². The molecule has 1 heterocycles. The molecule has 0 bridgehead atoms. The fourth-order valence-electron chi connectivity index (χ4n) is 2.03. The van der Waals surface area contributed by atoms with Gasteiger partial charge in [0, 0.05) is 25.7 Å². The Hall–Kier alpha value is -0.980. The van der Waals surface area contributed by atoms with Gasteiger partial charge >= 0.3 is 0 Å². The average molecular weight is 272 g/mol. The molecule has 1 fully saturated rings. The number of hydrogen-bond acceptors (Lipinski definition) is 3. The molecular formula is C12H17FN2O2S. The summed E-state index contributed by atoms with van der Waals surface area (Å²) in [5.41, 5.74) is 0.614. The number of benzene rings is 1. The Kier molecular flexibility index (Phi) is 3.99. The summed E-state index contributed by atoms with van der Waals surface area (Å²) in [4.78, 5) is 0. The second-order valence-corrected chi connectivity index (χ2v) is 6.56. The van der Waals surface area contributed by atoms with Crippen molar-refractivity contribution in [2.45, 2.75) is 18.7 Å². The molecule has 1 aliphatic heterocycles. The third-order valence-electron chi connectivity index (χ3n) is 2.99. The third-order valence-corrected chi connectivity index (χ3v) is 4.80. The van der Waals surface area contributed by atoms with Crippen molar-refractivity contribution in [3.8, 4) is 0 Å². The number of sulfonamides is 1. The van der Waals surface area contributed by atoms with Gasteiger partial charge < -0.3 is 5.32 Å². The Balaban J connectivity index is 2.09. The average Bonchev–Trinajstić information content (AvgIpc) is 2.32. The van der Waals surface area contributed by atoms with E-state index in [2.05, 4.69) is 5.32 Å². The van der Waals surface area contributed by atoms with Crippen molar-refractivity contribution in [1.82, 2.24) is 9.62 Å². The van der Waals surface area contributed by atoms with E-state index in [0.29, 0.717) is 25.2 Å². The molecule has 0 spiro atoms. The Morgan fingerprint density at radius 3 is 2.67 bits per heavy atom. The molecule has 1 aliphatic rings. The molecule has 4 nitrogen and oxygen atoms in total. The lowest BCUT2D eigenvalue weighted by molar-refractivity contribution is 0.310. The van der Waals surface area contributed by atoms with Crippen molar-refractivity contribution in [3.63, 3.8) is 0 Å². The topological polar surface area (TPSA) is 49.4 Å². The molecule has 0 amide bonds. The van der Waals surface area contributed by atoms with Crippen LogP contribution in [0.25, 0.3) is 0 Å². The largest absolute Gasteiger partial charge is 0.312 e. The zero-order valence-corrected chi connectivity index (χ0v) is 11.1. The first-order chi connectivity index (χ1) is 8.47. The van der Waals surface area contributed by atoms with Gasteiger partial charge in [0.15, 0.2) is 0 Å². The first kappa shape index (κ1) is 13.5. The summed E-state index contributed by atoms with van der Waals surface area (Å²) in [5.74, 6) is -0.424. The van der Waals surface area contributed by atoms with Gasteiger partial charge in [-0.3, -0.25) is 0 Å². The maximum atomic E-state index is 12.8. The zero-order chi connectivity index (χ0) is 13.2. The van der Waals surface area contributed by atoms with Gasteiger partial charge in [0.25, 0.3) is 0 Å². The van der Waals surface area contributed by atoms with Gasteiger partial charge in [0.1, 0.15) is 5.82 Å². The fourth-order valence-corrected chi connectivity index (χ4v) is 3.65. The zero-order valence-electron chi connectivity index (χ0n) is 10.3. The predicted molar refractivity (Wildman–Crippen MR) is 68.1 cm³/mol. The number of halogens is 1. The predicted octanol–water partition coefficient (Wildman–Crippen LogP) is 0.949. The van der Waals surface area contributed by atoms with Gasteiger partial charge in [0.2, 0.25) is 10.0 Å². The minimum absolute atomic E-state index is 0.0694. The molecule has 6 heteroatoms. The highest BCUT2D eigenvalue weighted by Gasteiger charge is 2.26. The van der Waals surface area contributed by atoms with Gasteiger partial charge in [-0.25, -0.2) is 12.8 Å². The smallest absolute Gasteiger partial charge is 0.218 e. The summed E-state index contributed by atoms with van der Waals surface area (Å²) in [6, 6.07) is 5.76. The van der Waals surface area contributed by atoms with Crippen LogP contribution >= 0.6 is 0 Å². The van der Waals surface area contributed by atoms with Gasteiger partial charge in [-0.1, -0.05) is 12.1 Å². The summed E-state index contributed by atoms with van der Waals surface area (Å²) in [6.45, 7) is 3.61. The molecule has 2 rings (SSSR count). The number of rotatable bonds is 3. The van der Waals surface area contributed by atoms with Crippen LogP contribution in [0, 0.1) is 5.82 Å². The highest BCUT2D eigenvalue weighted by Crippen LogP contribution is 2.13. The van der Waals surface area contributed by atoms with Crippen LogP contribution in [0.1, 0.15) is 12.5 Å². The molecule has 0 radical (unpaired) electrons. The van der Waals surface area contributed by atoms with Crippen LogP contribution in [0.3, 0.4) is 0 Å². The highest BCUT2D eigenvalue weighted by molar-refractivity contribution is 7.88. The maximum absolute atomic E-state index is 12.8. The first-order valence-corrected chi connectivity index (χ1v) is 7.54. The molecule has 1 saturated heterocycles. The van der Waals surface area contributed by atoms with Crippen molar-refractivity contribution in [2.75, 3.05) is 19.6 Å². The van der Waals surface area contributed by atoms with E-state index in [1.54, 1.807) is 0 Å². The van der Waals surface area contributed by atoms with E-state index >= 15 is 0 Å². The lowest BCUT2D eigenvalue weighted by atomic mass is 10.2. The molecule has 100 valence electrons. The van der Waals surface area contributed by atoms with Crippen LogP contribution in [-0.4, -0.2) is 38.4 Å². The van der Waals surface area contributed by atoms with Gasteiger partial charge in [0.05, 0.1) is 5.75 Å². The molecule has 1 aromatic carbocycles. The monoisotopic (exact) mass is 272 g/mol. The van der Waals surface area contributed by atoms with E-state index in [4.69, 9.17) is 0 Å². The van der Waals surface area contributed by atoms with E-state index in [1.165, 1.54) is 28.6 Å². The van der Waals surface area contributed by atoms with Gasteiger partial charge in [-0.15, -0.1) is 0 Å². The third kappa shape index (κ3) is 3.28. The van der Waals surface area contributed by atoms with Gasteiger partial charge in [-0.05, 0) is 24.6 Å². The van der Waals surface area contributed by atoms with E-state index in [1.807, 2.05) is 6.92 Å². The van der Waals surface area contributed by atoms with Crippen molar-refractivity contribution >= 4 is 10.0 Å². The molecule has 0 aliphatic carbocycles. The normalized spacial score (nSPS) is 22.0. The van der Waals surface area contributed by atoms with Crippen molar-refractivity contribution < 1.29 is 12.8 Å². The number of nitrogens with one attached hydrogen (secondary N) is 1. The quantitative estimate of drug-likeness (QED) is 0.891. The molecule has 1 atom stereocenters. The summed E-state index contributed by atoms with van der Waals surface area (Å²) >= 11 is 0. The van der Waals surface area contributed by atoms with Crippen LogP contribution < -0.4 is 5.32 Å². The summed E-state index contributed by atoms with van der Waals surface area (Å²) in [6.07, 6.45) is 0. The molecule has 1 N–H and O–H groups in total. The van der Waals surface area contributed by atoms with Crippen LogP contribution in [0.15, 0.2) is 24.3 Å². The Labute approximate surface area is 107 Å².